The summed E-state index contributed by atoms with van der Waals surface area (Å²) in [5, 5.41) is 58.2. The Hall–Kier alpha value is -2.95. The Kier molecular flexibility index (Phi) is 6.70. The lowest BCUT2D eigenvalue weighted by Crippen LogP contribution is -2.60. The molecular formula is C21H22O9. The van der Waals surface area contributed by atoms with Gasteiger partial charge in [-0.15, -0.1) is 0 Å². The fourth-order valence-electron chi connectivity index (χ4n) is 2.95. The molecule has 2 aromatic carbocycles. The number of hydrogen-bond donors (Lipinski definition) is 6. The Morgan fingerprint density at radius 2 is 1.63 bits per heavy atom. The van der Waals surface area contributed by atoms with Gasteiger partial charge in [0.2, 0.25) is 6.29 Å². The first-order valence-corrected chi connectivity index (χ1v) is 9.12. The molecule has 0 bridgehead atoms. The van der Waals surface area contributed by atoms with E-state index in [0.29, 0.717) is 5.56 Å². The quantitative estimate of drug-likeness (QED) is 0.284. The predicted octanol–water partition coefficient (Wildman–Crippen LogP) is 0.173. The Bertz CT molecular complexity index is 907. The Morgan fingerprint density at radius 3 is 2.30 bits per heavy atom. The van der Waals surface area contributed by atoms with Crippen LogP contribution in [0.2, 0.25) is 0 Å². The van der Waals surface area contributed by atoms with Crippen molar-refractivity contribution in [2.75, 3.05) is 6.61 Å². The van der Waals surface area contributed by atoms with Crippen LogP contribution in [0.3, 0.4) is 0 Å². The molecule has 0 aromatic heterocycles. The standard InChI is InChI=1S/C21H22O9/c22-10-17-18(26)19(27)20(28)21(30-17)29-16-9-13(24)6-7-14(16)15(25)8-3-11-1-4-12(23)5-2-11/h1-9,17-24,26-28H,10H2/b8-3+/t17?,18?,19?,20?,21-/m0/s1. The van der Waals surface area contributed by atoms with Gasteiger partial charge in [0.25, 0.3) is 0 Å². The number of aliphatic hydroxyl groups is 4. The zero-order valence-electron chi connectivity index (χ0n) is 15.7. The number of phenolic OH excluding ortho intramolecular Hbond substituents is 2. The maximum atomic E-state index is 12.6. The molecule has 0 aliphatic carbocycles. The first-order valence-electron chi connectivity index (χ1n) is 9.12. The van der Waals surface area contributed by atoms with Gasteiger partial charge in [0.1, 0.15) is 41.7 Å². The lowest BCUT2D eigenvalue weighted by Gasteiger charge is -2.39. The van der Waals surface area contributed by atoms with Crippen molar-refractivity contribution in [1.82, 2.24) is 0 Å². The summed E-state index contributed by atoms with van der Waals surface area (Å²) in [5.74, 6) is -0.733. The Labute approximate surface area is 171 Å². The minimum Gasteiger partial charge on any atom is -0.508 e. The van der Waals surface area contributed by atoms with Gasteiger partial charge in [-0.1, -0.05) is 18.2 Å². The predicted molar refractivity (Wildman–Crippen MR) is 104 cm³/mol. The summed E-state index contributed by atoms with van der Waals surface area (Å²) in [6, 6.07) is 9.91. The molecule has 2 aromatic rings. The van der Waals surface area contributed by atoms with E-state index in [1.54, 1.807) is 12.1 Å². The van der Waals surface area contributed by atoms with Crippen LogP contribution in [0.25, 0.3) is 6.08 Å². The van der Waals surface area contributed by atoms with E-state index in [0.717, 1.165) is 6.07 Å². The summed E-state index contributed by atoms with van der Waals surface area (Å²) in [6.45, 7) is -0.633. The van der Waals surface area contributed by atoms with Crippen LogP contribution in [0, 0.1) is 0 Å². The van der Waals surface area contributed by atoms with Crippen LogP contribution in [-0.2, 0) is 4.74 Å². The summed E-state index contributed by atoms with van der Waals surface area (Å²) in [7, 11) is 0. The summed E-state index contributed by atoms with van der Waals surface area (Å²) < 4.78 is 10.8. The summed E-state index contributed by atoms with van der Waals surface area (Å²) in [5.41, 5.74) is 0.705. The van der Waals surface area contributed by atoms with E-state index in [-0.39, 0.29) is 22.8 Å². The van der Waals surface area contributed by atoms with E-state index in [1.807, 2.05) is 0 Å². The number of aliphatic hydroxyl groups excluding tert-OH is 4. The molecule has 160 valence electrons. The van der Waals surface area contributed by atoms with Crippen LogP contribution in [0.1, 0.15) is 15.9 Å². The van der Waals surface area contributed by atoms with Gasteiger partial charge in [-0.2, -0.15) is 0 Å². The average molecular weight is 418 g/mol. The van der Waals surface area contributed by atoms with E-state index in [4.69, 9.17) is 9.47 Å². The van der Waals surface area contributed by atoms with Crippen LogP contribution in [0.4, 0.5) is 0 Å². The molecule has 0 spiro atoms. The van der Waals surface area contributed by atoms with E-state index in [9.17, 15) is 35.4 Å². The summed E-state index contributed by atoms with van der Waals surface area (Å²) in [6.07, 6.45) is -4.77. The molecule has 5 atom stereocenters. The molecule has 1 aliphatic rings. The van der Waals surface area contributed by atoms with Gasteiger partial charge in [0.15, 0.2) is 5.78 Å². The minimum absolute atomic E-state index is 0.0415. The second-order valence-corrected chi connectivity index (χ2v) is 6.78. The molecule has 0 saturated carbocycles. The minimum atomic E-state index is -1.67. The molecule has 1 heterocycles. The van der Waals surface area contributed by atoms with Crippen molar-refractivity contribution in [1.29, 1.82) is 0 Å². The van der Waals surface area contributed by atoms with E-state index in [2.05, 4.69) is 0 Å². The highest BCUT2D eigenvalue weighted by Crippen LogP contribution is 2.30. The maximum Gasteiger partial charge on any atom is 0.229 e. The number of hydrogen-bond acceptors (Lipinski definition) is 9. The zero-order chi connectivity index (χ0) is 21.8. The molecule has 6 N–H and O–H groups in total. The second-order valence-electron chi connectivity index (χ2n) is 6.78. The second kappa shape index (κ2) is 9.24. The lowest BCUT2D eigenvalue weighted by molar-refractivity contribution is -0.277. The molecule has 30 heavy (non-hydrogen) atoms. The number of benzene rings is 2. The summed E-state index contributed by atoms with van der Waals surface area (Å²) in [4.78, 5) is 12.6. The average Bonchev–Trinajstić information content (AvgIpc) is 2.73. The van der Waals surface area contributed by atoms with Crippen LogP contribution in [0.15, 0.2) is 48.5 Å². The number of carbonyl (C=O) groups is 1. The number of carbonyl (C=O) groups excluding carboxylic acids is 1. The molecule has 9 nitrogen and oxygen atoms in total. The van der Waals surface area contributed by atoms with Gasteiger partial charge in [0, 0.05) is 6.07 Å². The van der Waals surface area contributed by atoms with Crippen LogP contribution >= 0.6 is 0 Å². The number of ketones is 1. The fourth-order valence-corrected chi connectivity index (χ4v) is 2.95. The Balaban J connectivity index is 1.82. The number of phenols is 2. The molecule has 9 heteroatoms. The maximum absolute atomic E-state index is 12.6. The number of aromatic hydroxyl groups is 2. The number of rotatable bonds is 6. The van der Waals surface area contributed by atoms with Gasteiger partial charge in [-0.3, -0.25) is 4.79 Å². The highest BCUT2D eigenvalue weighted by atomic mass is 16.7. The van der Waals surface area contributed by atoms with Crippen molar-refractivity contribution < 1.29 is 44.9 Å². The third kappa shape index (κ3) is 4.78. The normalized spacial score (nSPS) is 26.6. The smallest absolute Gasteiger partial charge is 0.229 e. The van der Waals surface area contributed by atoms with Crippen molar-refractivity contribution in [3.8, 4) is 17.2 Å². The molecule has 0 radical (unpaired) electrons. The topological polar surface area (TPSA) is 157 Å². The van der Waals surface area contributed by atoms with Crippen molar-refractivity contribution in [2.45, 2.75) is 30.7 Å². The molecule has 3 rings (SSSR count). The van der Waals surface area contributed by atoms with E-state index >= 15 is 0 Å². The zero-order valence-corrected chi connectivity index (χ0v) is 15.7. The van der Waals surface area contributed by atoms with Crippen molar-refractivity contribution >= 4 is 11.9 Å². The number of ether oxygens (including phenoxy) is 2. The van der Waals surface area contributed by atoms with Crippen LogP contribution in [-0.4, -0.2) is 73.7 Å². The summed E-state index contributed by atoms with van der Waals surface area (Å²) >= 11 is 0. The largest absolute Gasteiger partial charge is 0.508 e. The molecule has 1 fully saturated rings. The van der Waals surface area contributed by atoms with Gasteiger partial charge in [0.05, 0.1) is 12.2 Å². The highest BCUT2D eigenvalue weighted by Gasteiger charge is 2.45. The van der Waals surface area contributed by atoms with Crippen molar-refractivity contribution in [3.05, 3.63) is 59.7 Å². The third-order valence-corrected chi connectivity index (χ3v) is 4.64. The molecule has 0 amide bonds. The van der Waals surface area contributed by atoms with Gasteiger partial charge >= 0.3 is 0 Å². The first-order chi connectivity index (χ1) is 14.3. The number of allylic oxidation sites excluding steroid dienone is 1. The third-order valence-electron chi connectivity index (χ3n) is 4.64. The molecular weight excluding hydrogens is 396 g/mol. The molecule has 1 aliphatic heterocycles. The van der Waals surface area contributed by atoms with Gasteiger partial charge in [-0.25, -0.2) is 0 Å². The van der Waals surface area contributed by atoms with Crippen LogP contribution < -0.4 is 4.74 Å². The monoisotopic (exact) mass is 418 g/mol. The van der Waals surface area contributed by atoms with E-state index in [1.165, 1.54) is 36.4 Å². The van der Waals surface area contributed by atoms with Crippen molar-refractivity contribution in [3.63, 3.8) is 0 Å². The van der Waals surface area contributed by atoms with E-state index < -0.39 is 43.1 Å². The van der Waals surface area contributed by atoms with Crippen molar-refractivity contribution in [2.24, 2.45) is 0 Å². The molecule has 4 unspecified atom stereocenters. The molecule has 1 saturated heterocycles. The Morgan fingerprint density at radius 1 is 0.967 bits per heavy atom. The lowest BCUT2D eigenvalue weighted by atomic mass is 9.99. The highest BCUT2D eigenvalue weighted by molar-refractivity contribution is 6.08. The fraction of sp³-hybridized carbons (Fsp3) is 0.286. The SMILES string of the molecule is O=C(/C=C/c1ccc(O)cc1)c1ccc(O)cc1O[C@H]1OC(CO)C(O)C(O)C1O. The van der Waals surface area contributed by atoms with Gasteiger partial charge in [-0.05, 0) is 35.9 Å². The van der Waals surface area contributed by atoms with Crippen LogP contribution in [0.5, 0.6) is 17.2 Å². The first kappa shape index (κ1) is 21.8. The van der Waals surface area contributed by atoms with Gasteiger partial charge < -0.3 is 40.1 Å².